The van der Waals surface area contributed by atoms with Gasteiger partial charge in [-0.2, -0.15) is 5.10 Å². The fourth-order valence-corrected chi connectivity index (χ4v) is 2.68. The molecule has 0 aliphatic carbocycles. The van der Waals surface area contributed by atoms with E-state index in [-0.39, 0.29) is 17.9 Å². The fourth-order valence-electron chi connectivity index (χ4n) is 2.68. The molecule has 1 aliphatic heterocycles. The molecule has 1 aliphatic rings. The summed E-state index contributed by atoms with van der Waals surface area (Å²) < 4.78 is 1.93. The Kier molecular flexibility index (Phi) is 4.24. The van der Waals surface area contributed by atoms with E-state index >= 15 is 0 Å². The largest absolute Gasteiger partial charge is 0.341 e. The van der Waals surface area contributed by atoms with Crippen LogP contribution in [0.1, 0.15) is 38.3 Å². The number of aryl methyl sites for hydroxylation is 1. The number of hydrogen-bond acceptors (Lipinski definition) is 3. The van der Waals surface area contributed by atoms with Crippen molar-refractivity contribution < 1.29 is 4.79 Å². The van der Waals surface area contributed by atoms with Gasteiger partial charge in [0.1, 0.15) is 0 Å². The van der Waals surface area contributed by atoms with Gasteiger partial charge in [0, 0.05) is 37.9 Å². The minimum absolute atomic E-state index is 0.0958. The van der Waals surface area contributed by atoms with Gasteiger partial charge in [0.05, 0.1) is 6.04 Å². The van der Waals surface area contributed by atoms with Crippen molar-refractivity contribution in [2.75, 3.05) is 13.1 Å². The minimum atomic E-state index is -0.367. The highest BCUT2D eigenvalue weighted by Crippen LogP contribution is 2.27. The third-order valence-corrected chi connectivity index (χ3v) is 4.09. The van der Waals surface area contributed by atoms with E-state index < -0.39 is 0 Å². The third kappa shape index (κ3) is 2.97. The van der Waals surface area contributed by atoms with Crippen molar-refractivity contribution >= 4 is 5.91 Å². The van der Waals surface area contributed by atoms with E-state index in [1.807, 2.05) is 36.7 Å². The molecule has 106 valence electrons. The predicted molar refractivity (Wildman–Crippen MR) is 74.6 cm³/mol. The number of likely N-dealkylation sites (tertiary alicyclic amines) is 1. The van der Waals surface area contributed by atoms with Crippen LogP contribution in [-0.4, -0.2) is 39.7 Å². The molecule has 2 rings (SSSR count). The molecule has 0 unspecified atom stereocenters. The molecule has 5 nitrogen and oxygen atoms in total. The van der Waals surface area contributed by atoms with Crippen molar-refractivity contribution in [3.8, 4) is 0 Å². The Morgan fingerprint density at radius 3 is 2.53 bits per heavy atom. The average molecular weight is 264 g/mol. The molecule has 0 bridgehead atoms. The molecule has 1 aromatic rings. The Morgan fingerprint density at radius 2 is 2.05 bits per heavy atom. The van der Waals surface area contributed by atoms with E-state index in [4.69, 9.17) is 5.73 Å². The normalized spacial score (nSPS) is 18.9. The second kappa shape index (κ2) is 5.74. The summed E-state index contributed by atoms with van der Waals surface area (Å²) >= 11 is 0. The van der Waals surface area contributed by atoms with Gasteiger partial charge in [-0.05, 0) is 24.8 Å². The summed E-state index contributed by atoms with van der Waals surface area (Å²) in [7, 11) is 1.97. The average Bonchev–Trinajstić information content (AvgIpc) is 2.83. The van der Waals surface area contributed by atoms with Gasteiger partial charge in [-0.25, -0.2) is 0 Å². The summed E-state index contributed by atoms with van der Waals surface area (Å²) in [5.41, 5.74) is 7.20. The van der Waals surface area contributed by atoms with E-state index in [1.54, 1.807) is 0 Å². The van der Waals surface area contributed by atoms with E-state index in [2.05, 4.69) is 11.2 Å². The zero-order valence-corrected chi connectivity index (χ0v) is 12.0. The molecule has 1 aromatic heterocycles. The van der Waals surface area contributed by atoms with Gasteiger partial charge < -0.3 is 10.6 Å². The second-order valence-electron chi connectivity index (χ2n) is 5.75. The molecule has 2 N–H and O–H groups in total. The molecule has 0 saturated carbocycles. The summed E-state index contributed by atoms with van der Waals surface area (Å²) in [4.78, 5) is 14.1. The monoisotopic (exact) mass is 264 g/mol. The smallest absolute Gasteiger partial charge is 0.239 e. The zero-order valence-electron chi connectivity index (χ0n) is 12.0. The molecule has 0 radical (unpaired) electrons. The van der Waals surface area contributed by atoms with Crippen LogP contribution in [0.25, 0.3) is 0 Å². The van der Waals surface area contributed by atoms with E-state index in [0.29, 0.717) is 5.92 Å². The van der Waals surface area contributed by atoms with Crippen molar-refractivity contribution in [3.63, 3.8) is 0 Å². The van der Waals surface area contributed by atoms with Gasteiger partial charge in [-0.1, -0.05) is 13.8 Å². The van der Waals surface area contributed by atoms with E-state index in [9.17, 15) is 4.79 Å². The maximum absolute atomic E-state index is 12.2. The van der Waals surface area contributed by atoms with Gasteiger partial charge in [0.15, 0.2) is 0 Å². The van der Waals surface area contributed by atoms with Crippen molar-refractivity contribution in [3.05, 3.63) is 18.0 Å². The Hall–Kier alpha value is -1.36. The predicted octanol–water partition coefficient (Wildman–Crippen LogP) is 1.11. The summed E-state index contributed by atoms with van der Waals surface area (Å²) in [6, 6.07) is 1.70. The molecule has 5 heteroatoms. The van der Waals surface area contributed by atoms with E-state index in [0.717, 1.165) is 25.9 Å². The maximum atomic E-state index is 12.2. The van der Waals surface area contributed by atoms with Crippen LogP contribution in [0.4, 0.5) is 0 Å². The van der Waals surface area contributed by atoms with Crippen molar-refractivity contribution in [1.29, 1.82) is 0 Å². The van der Waals surface area contributed by atoms with Gasteiger partial charge >= 0.3 is 0 Å². The van der Waals surface area contributed by atoms with Crippen LogP contribution in [0.15, 0.2) is 12.3 Å². The van der Waals surface area contributed by atoms with Crippen LogP contribution in [0.3, 0.4) is 0 Å². The number of piperidine rings is 1. The van der Waals surface area contributed by atoms with Crippen LogP contribution in [0.2, 0.25) is 0 Å². The van der Waals surface area contributed by atoms with Crippen LogP contribution < -0.4 is 5.73 Å². The lowest BCUT2D eigenvalue weighted by Crippen LogP contribution is -2.49. The maximum Gasteiger partial charge on any atom is 0.239 e. The number of nitrogens with two attached hydrogens (primary N) is 1. The first-order valence-electron chi connectivity index (χ1n) is 7.03. The highest BCUT2D eigenvalue weighted by molar-refractivity contribution is 5.82. The number of rotatable bonds is 3. The first kappa shape index (κ1) is 14.1. The van der Waals surface area contributed by atoms with Gasteiger partial charge in [-0.3, -0.25) is 9.48 Å². The van der Waals surface area contributed by atoms with Gasteiger partial charge in [-0.15, -0.1) is 0 Å². The Labute approximate surface area is 114 Å². The lowest BCUT2D eigenvalue weighted by atomic mass is 9.92. The van der Waals surface area contributed by atoms with Crippen LogP contribution >= 0.6 is 0 Å². The number of amides is 1. The van der Waals surface area contributed by atoms with Crippen molar-refractivity contribution in [1.82, 2.24) is 14.7 Å². The fraction of sp³-hybridized carbons (Fsp3) is 0.714. The van der Waals surface area contributed by atoms with Crippen molar-refractivity contribution in [2.24, 2.45) is 18.7 Å². The highest BCUT2D eigenvalue weighted by Gasteiger charge is 2.29. The first-order valence-corrected chi connectivity index (χ1v) is 7.03. The lowest BCUT2D eigenvalue weighted by Gasteiger charge is -2.34. The molecule has 2 heterocycles. The molecular weight excluding hydrogens is 240 g/mol. The summed E-state index contributed by atoms with van der Waals surface area (Å²) in [6.07, 6.45) is 3.83. The van der Waals surface area contributed by atoms with Crippen molar-refractivity contribution in [2.45, 2.75) is 38.6 Å². The Balaban J connectivity index is 1.93. The molecule has 1 amide bonds. The third-order valence-electron chi connectivity index (χ3n) is 4.09. The summed E-state index contributed by atoms with van der Waals surface area (Å²) in [5.74, 6) is 0.799. The molecule has 0 spiro atoms. The van der Waals surface area contributed by atoms with Crippen LogP contribution in [0, 0.1) is 5.92 Å². The van der Waals surface area contributed by atoms with Gasteiger partial charge in [0.2, 0.25) is 5.91 Å². The number of hydrogen-bond donors (Lipinski definition) is 1. The molecule has 19 heavy (non-hydrogen) atoms. The Bertz CT molecular complexity index is 432. The zero-order chi connectivity index (χ0) is 14.0. The number of aromatic nitrogens is 2. The number of nitrogens with zero attached hydrogens (tertiary/aromatic N) is 3. The number of carbonyl (C=O) groups excluding carboxylic acids is 1. The van der Waals surface area contributed by atoms with Gasteiger partial charge in [0.25, 0.3) is 0 Å². The second-order valence-corrected chi connectivity index (χ2v) is 5.75. The SMILES string of the molecule is CC(C)[C@H](N)C(=O)N1CCC(c2ccnn2C)CC1. The minimum Gasteiger partial charge on any atom is -0.341 e. The quantitative estimate of drug-likeness (QED) is 0.889. The van der Waals surface area contributed by atoms with E-state index in [1.165, 1.54) is 5.69 Å². The summed E-state index contributed by atoms with van der Waals surface area (Å²) in [5, 5.41) is 4.21. The lowest BCUT2D eigenvalue weighted by molar-refractivity contribution is -0.134. The Morgan fingerprint density at radius 1 is 1.42 bits per heavy atom. The highest BCUT2D eigenvalue weighted by atomic mass is 16.2. The standard InChI is InChI=1S/C14H24N4O/c1-10(2)13(15)14(19)18-8-5-11(6-9-18)12-4-7-16-17(12)3/h4,7,10-11,13H,5-6,8-9,15H2,1-3H3/t13-/m0/s1. The molecule has 1 saturated heterocycles. The molecule has 1 atom stereocenters. The van der Waals surface area contributed by atoms with Crippen LogP contribution in [0.5, 0.6) is 0 Å². The topological polar surface area (TPSA) is 64.2 Å². The van der Waals surface area contributed by atoms with Crippen LogP contribution in [-0.2, 0) is 11.8 Å². The molecule has 1 fully saturated rings. The molecular formula is C14H24N4O. The first-order chi connectivity index (χ1) is 9.00. The molecule has 0 aromatic carbocycles. The summed E-state index contributed by atoms with van der Waals surface area (Å²) in [6.45, 7) is 5.58. The number of carbonyl (C=O) groups is 1.